The van der Waals surface area contributed by atoms with Gasteiger partial charge in [-0.1, -0.05) is 19.9 Å². The second kappa shape index (κ2) is 9.30. The summed E-state index contributed by atoms with van der Waals surface area (Å²) in [6.07, 6.45) is -3.48. The average Bonchev–Trinajstić information content (AvgIpc) is 2.60. The molecule has 0 radical (unpaired) electrons. The van der Waals surface area contributed by atoms with Crippen LogP contribution in [0.3, 0.4) is 0 Å². The maximum atomic E-state index is 12.7. The van der Waals surface area contributed by atoms with Crippen LogP contribution in [0.15, 0.2) is 48.5 Å². The molecule has 4 nitrogen and oxygen atoms in total. The van der Waals surface area contributed by atoms with E-state index in [1.807, 2.05) is 0 Å². The van der Waals surface area contributed by atoms with Crippen LogP contribution in [0.4, 0.5) is 24.5 Å². The first-order valence-electron chi connectivity index (χ1n) is 8.68. The summed E-state index contributed by atoms with van der Waals surface area (Å²) in [5.41, 5.74) is 0.0113. The van der Waals surface area contributed by atoms with Gasteiger partial charge in [0.2, 0.25) is 5.91 Å². The van der Waals surface area contributed by atoms with Crippen molar-refractivity contribution in [2.45, 2.75) is 26.4 Å². The van der Waals surface area contributed by atoms with Crippen molar-refractivity contribution >= 4 is 17.3 Å². The van der Waals surface area contributed by atoms with E-state index in [9.17, 15) is 18.0 Å². The minimum Gasteiger partial charge on any atom is -0.494 e. The number of ether oxygens (including phenoxy) is 1. The molecule has 7 heteroatoms. The number of anilines is 2. The molecular weight excluding hydrogens is 357 g/mol. The Bertz CT molecular complexity index is 744. The third-order valence-corrected chi connectivity index (χ3v) is 3.74. The Hall–Kier alpha value is -2.70. The van der Waals surface area contributed by atoms with Crippen molar-refractivity contribution in [3.8, 4) is 5.75 Å². The summed E-state index contributed by atoms with van der Waals surface area (Å²) in [5, 5.41) is 5.37. The van der Waals surface area contributed by atoms with Gasteiger partial charge in [-0.25, -0.2) is 0 Å². The quantitative estimate of drug-likeness (QED) is 0.663. The van der Waals surface area contributed by atoms with E-state index in [4.69, 9.17) is 4.74 Å². The number of alkyl halides is 3. The molecular formula is C20H23F3N2O2. The molecule has 0 unspecified atom stereocenters. The minimum absolute atomic E-state index is 0.0657. The third-order valence-electron chi connectivity index (χ3n) is 3.74. The Kier molecular flexibility index (Phi) is 7.10. The lowest BCUT2D eigenvalue weighted by Gasteiger charge is -2.11. The number of amides is 1. The normalized spacial score (nSPS) is 11.3. The number of benzene rings is 2. The van der Waals surface area contributed by atoms with Crippen LogP contribution in [-0.2, 0) is 11.0 Å². The molecule has 2 aromatic rings. The van der Waals surface area contributed by atoms with E-state index in [1.165, 1.54) is 12.1 Å². The molecule has 2 aromatic carbocycles. The second-order valence-electron chi connectivity index (χ2n) is 6.54. The Labute approximate surface area is 156 Å². The van der Waals surface area contributed by atoms with Crippen molar-refractivity contribution in [3.63, 3.8) is 0 Å². The van der Waals surface area contributed by atoms with Crippen LogP contribution >= 0.6 is 0 Å². The first-order chi connectivity index (χ1) is 12.7. The number of rotatable bonds is 8. The number of halogens is 3. The molecule has 27 heavy (non-hydrogen) atoms. The van der Waals surface area contributed by atoms with Crippen molar-refractivity contribution < 1.29 is 22.7 Å². The maximum Gasteiger partial charge on any atom is 0.416 e. The van der Waals surface area contributed by atoms with Gasteiger partial charge in [-0.2, -0.15) is 13.2 Å². The summed E-state index contributed by atoms with van der Waals surface area (Å²) in [6.45, 7) is 4.83. The van der Waals surface area contributed by atoms with E-state index in [0.29, 0.717) is 18.2 Å². The Morgan fingerprint density at radius 2 is 1.78 bits per heavy atom. The fourth-order valence-electron chi connectivity index (χ4n) is 2.24. The number of nitrogens with one attached hydrogen (secondary N) is 2. The molecule has 0 aliphatic heterocycles. The van der Waals surface area contributed by atoms with Crippen molar-refractivity contribution in [1.29, 1.82) is 0 Å². The third kappa shape index (κ3) is 7.21. The zero-order valence-electron chi connectivity index (χ0n) is 15.3. The lowest BCUT2D eigenvalue weighted by Crippen LogP contribution is -2.22. The zero-order valence-corrected chi connectivity index (χ0v) is 15.3. The molecule has 0 heterocycles. The minimum atomic E-state index is -4.45. The fourth-order valence-corrected chi connectivity index (χ4v) is 2.24. The van der Waals surface area contributed by atoms with Crippen molar-refractivity contribution in [2.24, 2.45) is 5.92 Å². The van der Waals surface area contributed by atoms with E-state index >= 15 is 0 Å². The smallest absolute Gasteiger partial charge is 0.416 e. The van der Waals surface area contributed by atoms with Gasteiger partial charge in [-0.15, -0.1) is 0 Å². The molecule has 0 bridgehead atoms. The molecule has 0 atom stereocenters. The number of carbonyl (C=O) groups excluding carboxylic acids is 1. The highest BCUT2D eigenvalue weighted by Crippen LogP contribution is 2.30. The molecule has 0 fully saturated rings. The van der Waals surface area contributed by atoms with Crippen LogP contribution in [0.25, 0.3) is 0 Å². The molecule has 0 aliphatic rings. The first-order valence-corrected chi connectivity index (χ1v) is 8.68. The molecule has 0 spiro atoms. The summed E-state index contributed by atoms with van der Waals surface area (Å²) < 4.78 is 43.7. The van der Waals surface area contributed by atoms with Crippen molar-refractivity contribution in [2.75, 3.05) is 23.8 Å². The van der Waals surface area contributed by atoms with Crippen LogP contribution in [0.2, 0.25) is 0 Å². The zero-order chi connectivity index (χ0) is 19.9. The van der Waals surface area contributed by atoms with Crippen molar-refractivity contribution in [3.05, 3.63) is 54.1 Å². The Morgan fingerprint density at radius 3 is 2.41 bits per heavy atom. The van der Waals surface area contributed by atoms with Gasteiger partial charge in [0.25, 0.3) is 0 Å². The van der Waals surface area contributed by atoms with E-state index in [2.05, 4.69) is 24.5 Å². The van der Waals surface area contributed by atoms with Gasteiger partial charge in [-0.3, -0.25) is 4.79 Å². The van der Waals surface area contributed by atoms with Gasteiger partial charge in [0.15, 0.2) is 0 Å². The van der Waals surface area contributed by atoms with Crippen LogP contribution in [0.5, 0.6) is 5.75 Å². The average molecular weight is 380 g/mol. The first kappa shape index (κ1) is 20.6. The molecule has 2 rings (SSSR count). The summed E-state index contributed by atoms with van der Waals surface area (Å²) in [7, 11) is 0. The topological polar surface area (TPSA) is 50.4 Å². The number of hydrogen-bond donors (Lipinski definition) is 2. The maximum absolute atomic E-state index is 12.7. The van der Waals surface area contributed by atoms with Crippen molar-refractivity contribution in [1.82, 2.24) is 0 Å². The van der Waals surface area contributed by atoms with Gasteiger partial charge in [-0.05, 0) is 54.8 Å². The summed E-state index contributed by atoms with van der Waals surface area (Å²) in [6, 6.07) is 11.7. The second-order valence-corrected chi connectivity index (χ2v) is 6.54. The molecule has 1 amide bonds. The van der Waals surface area contributed by atoms with E-state index < -0.39 is 17.6 Å². The van der Waals surface area contributed by atoms with Gasteiger partial charge in [0, 0.05) is 11.4 Å². The Balaban J connectivity index is 1.82. The van der Waals surface area contributed by atoms with E-state index in [1.54, 1.807) is 24.3 Å². The van der Waals surface area contributed by atoms with Crippen LogP contribution < -0.4 is 15.4 Å². The molecule has 0 saturated heterocycles. The summed E-state index contributed by atoms with van der Waals surface area (Å²) in [4.78, 5) is 11.9. The van der Waals surface area contributed by atoms with Gasteiger partial charge in [0.1, 0.15) is 5.75 Å². The highest BCUT2D eigenvalue weighted by molar-refractivity contribution is 5.93. The highest BCUT2D eigenvalue weighted by Gasteiger charge is 2.30. The predicted molar refractivity (Wildman–Crippen MR) is 100.0 cm³/mol. The molecule has 146 valence electrons. The molecule has 0 aromatic heterocycles. The van der Waals surface area contributed by atoms with Crippen LogP contribution in [-0.4, -0.2) is 19.1 Å². The van der Waals surface area contributed by atoms with Gasteiger partial charge >= 0.3 is 6.18 Å². The predicted octanol–water partition coefficient (Wildman–Crippen LogP) is 5.18. The van der Waals surface area contributed by atoms with E-state index in [0.717, 1.165) is 24.3 Å². The summed E-state index contributed by atoms with van der Waals surface area (Å²) in [5.74, 6) is 0.877. The van der Waals surface area contributed by atoms with Gasteiger partial charge in [0.05, 0.1) is 18.7 Å². The van der Waals surface area contributed by atoms with Crippen LogP contribution in [0.1, 0.15) is 25.8 Å². The van der Waals surface area contributed by atoms with Gasteiger partial charge < -0.3 is 15.4 Å². The van der Waals surface area contributed by atoms with E-state index in [-0.39, 0.29) is 12.2 Å². The summed E-state index contributed by atoms with van der Waals surface area (Å²) >= 11 is 0. The Morgan fingerprint density at radius 1 is 1.07 bits per heavy atom. The standard InChI is InChI=1S/C20H23F3N2O2/c1-14(2)10-11-27-18-8-6-16(7-9-18)24-13-19(26)25-17-5-3-4-15(12-17)20(21,22)23/h3-9,12,14,24H,10-11,13H2,1-2H3,(H,25,26). The van der Waals surface area contributed by atoms with Crippen LogP contribution in [0, 0.1) is 5.92 Å². The molecule has 0 saturated carbocycles. The number of carbonyl (C=O) groups is 1. The number of hydrogen-bond acceptors (Lipinski definition) is 3. The lowest BCUT2D eigenvalue weighted by atomic mass is 10.1. The monoisotopic (exact) mass is 380 g/mol. The largest absolute Gasteiger partial charge is 0.494 e. The highest BCUT2D eigenvalue weighted by atomic mass is 19.4. The lowest BCUT2D eigenvalue weighted by molar-refractivity contribution is -0.137. The molecule has 2 N–H and O–H groups in total. The SMILES string of the molecule is CC(C)CCOc1ccc(NCC(=O)Nc2cccc(C(F)(F)F)c2)cc1. The fraction of sp³-hybridized carbons (Fsp3) is 0.350. The molecule has 0 aliphatic carbocycles.